The Morgan fingerprint density at radius 3 is 2.04 bits per heavy atom. The maximum atomic E-state index is 12.1. The third kappa shape index (κ3) is 2.74. The van der Waals surface area contributed by atoms with Crippen molar-refractivity contribution in [2.75, 3.05) is 0 Å². The molecule has 1 aliphatic rings. The Bertz CT molecular complexity index is 752. The van der Waals surface area contributed by atoms with Gasteiger partial charge in [-0.1, -0.05) is 24.3 Å². The molecule has 0 aromatic heterocycles. The van der Waals surface area contributed by atoms with Crippen LogP contribution in [-0.4, -0.2) is 30.9 Å². The SMILES string of the molecule is BOC(=O)c1ccc(CON2C(=O)c3ccccc3C2=O)cc1. The van der Waals surface area contributed by atoms with E-state index in [1.165, 1.54) is 8.05 Å². The number of hydroxylamine groups is 2. The summed E-state index contributed by atoms with van der Waals surface area (Å²) < 4.78 is 4.61. The van der Waals surface area contributed by atoms with Gasteiger partial charge in [-0.05, 0) is 29.8 Å². The van der Waals surface area contributed by atoms with Gasteiger partial charge in [-0.3, -0.25) is 14.4 Å². The monoisotopic (exact) mass is 309 g/mol. The first-order chi connectivity index (χ1) is 11.1. The van der Waals surface area contributed by atoms with Crippen molar-refractivity contribution in [3.05, 3.63) is 70.8 Å². The van der Waals surface area contributed by atoms with E-state index in [4.69, 9.17) is 4.84 Å². The molecule has 0 fully saturated rings. The highest BCUT2D eigenvalue weighted by Gasteiger charge is 2.36. The third-order valence-electron chi connectivity index (χ3n) is 3.49. The predicted octanol–water partition coefficient (Wildman–Crippen LogP) is 1.12. The summed E-state index contributed by atoms with van der Waals surface area (Å²) >= 11 is 0. The fourth-order valence-corrected chi connectivity index (χ4v) is 2.28. The standard InChI is InChI=1S/C16H12BNO5/c17-23-16(21)11-7-5-10(6-8-11)9-22-18-14(19)12-3-1-2-4-13(12)15(18)20/h1-8H,9,17H2. The Labute approximate surface area is 133 Å². The van der Waals surface area contributed by atoms with Gasteiger partial charge < -0.3 is 4.65 Å². The summed E-state index contributed by atoms with van der Waals surface area (Å²) in [5.41, 5.74) is 1.79. The lowest BCUT2D eigenvalue weighted by Crippen LogP contribution is -2.29. The van der Waals surface area contributed by atoms with E-state index >= 15 is 0 Å². The lowest BCUT2D eigenvalue weighted by molar-refractivity contribution is -0.101. The van der Waals surface area contributed by atoms with E-state index in [0.717, 1.165) is 5.06 Å². The van der Waals surface area contributed by atoms with Crippen LogP contribution in [0.1, 0.15) is 36.6 Å². The van der Waals surface area contributed by atoms with Gasteiger partial charge in [0.05, 0.1) is 16.7 Å². The largest absolute Gasteiger partial charge is 0.540 e. The van der Waals surface area contributed by atoms with E-state index in [0.29, 0.717) is 22.3 Å². The number of hydrogen-bond acceptors (Lipinski definition) is 5. The number of benzene rings is 2. The molecule has 1 heterocycles. The first-order valence-corrected chi connectivity index (χ1v) is 6.90. The Balaban J connectivity index is 1.69. The average molecular weight is 309 g/mol. The van der Waals surface area contributed by atoms with E-state index in [9.17, 15) is 14.4 Å². The molecule has 3 rings (SSSR count). The molecule has 0 unspecified atom stereocenters. The summed E-state index contributed by atoms with van der Waals surface area (Å²) in [7, 11) is 1.31. The van der Waals surface area contributed by atoms with Crippen molar-refractivity contribution >= 4 is 25.8 Å². The zero-order chi connectivity index (χ0) is 16.4. The van der Waals surface area contributed by atoms with E-state index in [2.05, 4.69) is 4.65 Å². The van der Waals surface area contributed by atoms with Crippen molar-refractivity contribution in [3.8, 4) is 0 Å². The Morgan fingerprint density at radius 2 is 1.52 bits per heavy atom. The van der Waals surface area contributed by atoms with Crippen LogP contribution in [-0.2, 0) is 16.1 Å². The minimum atomic E-state index is -0.475. The van der Waals surface area contributed by atoms with Crippen molar-refractivity contribution in [2.24, 2.45) is 0 Å². The molecule has 0 saturated carbocycles. The summed E-state index contributed by atoms with van der Waals surface area (Å²) in [6, 6.07) is 13.1. The van der Waals surface area contributed by atoms with Crippen LogP contribution in [0.3, 0.4) is 0 Å². The third-order valence-corrected chi connectivity index (χ3v) is 3.49. The second-order valence-electron chi connectivity index (χ2n) is 4.91. The Morgan fingerprint density at radius 1 is 0.957 bits per heavy atom. The normalized spacial score (nSPS) is 13.1. The lowest BCUT2D eigenvalue weighted by Gasteiger charge is -2.13. The molecular formula is C16H12BNO5. The second-order valence-corrected chi connectivity index (χ2v) is 4.91. The van der Waals surface area contributed by atoms with Crippen LogP contribution in [0, 0.1) is 0 Å². The fourth-order valence-electron chi connectivity index (χ4n) is 2.28. The quantitative estimate of drug-likeness (QED) is 0.625. The van der Waals surface area contributed by atoms with Gasteiger partial charge in [0, 0.05) is 0 Å². The van der Waals surface area contributed by atoms with Gasteiger partial charge in [0.1, 0.15) is 6.61 Å². The molecule has 0 aliphatic carbocycles. The molecule has 6 nitrogen and oxygen atoms in total. The van der Waals surface area contributed by atoms with E-state index in [-0.39, 0.29) is 6.61 Å². The summed E-state index contributed by atoms with van der Waals surface area (Å²) in [6.45, 7) is 0.0346. The summed E-state index contributed by atoms with van der Waals surface area (Å²) in [6.07, 6.45) is 0. The number of rotatable bonds is 4. The zero-order valence-corrected chi connectivity index (χ0v) is 12.3. The number of hydrogen-bond donors (Lipinski definition) is 0. The van der Waals surface area contributed by atoms with Gasteiger partial charge >= 0.3 is 14.0 Å². The minimum Gasteiger partial charge on any atom is -0.540 e. The summed E-state index contributed by atoms with van der Waals surface area (Å²) in [5, 5.41) is 0.763. The fraction of sp³-hybridized carbons (Fsp3) is 0.0625. The van der Waals surface area contributed by atoms with Crippen molar-refractivity contribution < 1.29 is 23.9 Å². The molecule has 1 aliphatic heterocycles. The molecule has 114 valence electrons. The van der Waals surface area contributed by atoms with Crippen LogP contribution < -0.4 is 0 Å². The molecule has 2 aromatic carbocycles. The highest BCUT2D eigenvalue weighted by atomic mass is 16.7. The van der Waals surface area contributed by atoms with Crippen LogP contribution in [0.25, 0.3) is 0 Å². The molecule has 2 aromatic rings. The van der Waals surface area contributed by atoms with Crippen molar-refractivity contribution in [1.82, 2.24) is 5.06 Å². The molecule has 0 saturated heterocycles. The van der Waals surface area contributed by atoms with Gasteiger partial charge in [-0.25, -0.2) is 4.79 Å². The van der Waals surface area contributed by atoms with E-state index in [1.807, 2.05) is 0 Å². The van der Waals surface area contributed by atoms with Gasteiger partial charge in [0.25, 0.3) is 11.8 Å². The van der Waals surface area contributed by atoms with E-state index < -0.39 is 17.8 Å². The maximum Gasteiger partial charge on any atom is 0.326 e. The van der Waals surface area contributed by atoms with Gasteiger partial charge in [-0.2, -0.15) is 0 Å². The minimum absolute atomic E-state index is 0.0346. The smallest absolute Gasteiger partial charge is 0.326 e. The molecule has 0 spiro atoms. The number of carbonyl (C=O) groups is 3. The maximum absolute atomic E-state index is 12.1. The highest BCUT2D eigenvalue weighted by molar-refractivity contribution is 6.20. The van der Waals surface area contributed by atoms with Crippen molar-refractivity contribution in [3.63, 3.8) is 0 Å². The molecular weight excluding hydrogens is 297 g/mol. The summed E-state index contributed by atoms with van der Waals surface area (Å²) in [5.74, 6) is -1.38. The number of fused-ring (bicyclic) bond motifs is 1. The van der Waals surface area contributed by atoms with Crippen LogP contribution in [0.4, 0.5) is 0 Å². The lowest BCUT2D eigenvalue weighted by atomic mass is 10.1. The number of carbonyl (C=O) groups excluding carboxylic acids is 3. The number of nitrogens with zero attached hydrogens (tertiary/aromatic N) is 1. The molecule has 0 bridgehead atoms. The van der Waals surface area contributed by atoms with Gasteiger partial charge in [0.2, 0.25) is 0 Å². The highest BCUT2D eigenvalue weighted by Crippen LogP contribution is 2.23. The van der Waals surface area contributed by atoms with E-state index in [1.54, 1.807) is 48.5 Å². The summed E-state index contributed by atoms with van der Waals surface area (Å²) in [4.78, 5) is 41.0. The topological polar surface area (TPSA) is 72.9 Å². The van der Waals surface area contributed by atoms with Crippen LogP contribution in [0.2, 0.25) is 0 Å². The van der Waals surface area contributed by atoms with Gasteiger partial charge in [-0.15, -0.1) is 5.06 Å². The van der Waals surface area contributed by atoms with Crippen molar-refractivity contribution in [1.29, 1.82) is 0 Å². The Kier molecular flexibility index (Phi) is 3.95. The molecule has 7 heteroatoms. The molecule has 0 N–H and O–H groups in total. The molecule has 23 heavy (non-hydrogen) atoms. The Hall–Kier alpha value is -2.93. The molecule has 0 atom stereocenters. The first-order valence-electron chi connectivity index (χ1n) is 6.90. The van der Waals surface area contributed by atoms with Crippen molar-refractivity contribution in [2.45, 2.75) is 6.61 Å². The van der Waals surface area contributed by atoms with Crippen LogP contribution >= 0.6 is 0 Å². The van der Waals surface area contributed by atoms with Crippen LogP contribution in [0.5, 0.6) is 0 Å². The number of imide groups is 1. The number of amides is 2. The second kappa shape index (κ2) is 6.06. The molecule has 2 amide bonds. The van der Waals surface area contributed by atoms with Gasteiger partial charge in [0.15, 0.2) is 0 Å². The molecule has 0 radical (unpaired) electrons. The zero-order valence-electron chi connectivity index (χ0n) is 12.3. The predicted molar refractivity (Wildman–Crippen MR) is 82.1 cm³/mol. The van der Waals surface area contributed by atoms with Crippen LogP contribution in [0.15, 0.2) is 48.5 Å². The average Bonchev–Trinajstić information content (AvgIpc) is 2.84. The first kappa shape index (κ1) is 15.0.